The van der Waals surface area contributed by atoms with Crippen molar-refractivity contribution in [3.05, 3.63) is 17.3 Å². The number of nitrogens with zero attached hydrogens (tertiary/aromatic N) is 1. The molecular weight excluding hydrogens is 293 g/mol. The largest absolute Gasteiger partial charge is 0.573 e. The number of methoxy groups -OCH3 is 1. The number of carbonyl (C=O) groups excluding carboxylic acids is 1. The molecule has 1 rings (SSSR count). The van der Waals surface area contributed by atoms with Crippen molar-refractivity contribution in [2.45, 2.75) is 26.3 Å². The van der Waals surface area contributed by atoms with E-state index in [4.69, 9.17) is 15.2 Å². The van der Waals surface area contributed by atoms with Gasteiger partial charge in [0.15, 0.2) is 5.75 Å². The van der Waals surface area contributed by atoms with E-state index in [1.54, 1.807) is 6.92 Å². The van der Waals surface area contributed by atoms with Gasteiger partial charge in [0.25, 0.3) is 0 Å². The minimum absolute atomic E-state index is 0.00183. The fourth-order valence-electron chi connectivity index (χ4n) is 1.70. The van der Waals surface area contributed by atoms with E-state index < -0.39 is 18.1 Å². The maximum absolute atomic E-state index is 12.3. The Morgan fingerprint density at radius 2 is 2.05 bits per heavy atom. The molecule has 0 unspecified atom stereocenters. The predicted octanol–water partition coefficient (Wildman–Crippen LogP) is 1.55. The van der Waals surface area contributed by atoms with Crippen LogP contribution in [0, 0.1) is 0 Å². The van der Waals surface area contributed by atoms with Crippen LogP contribution >= 0.6 is 0 Å². The Morgan fingerprint density at radius 3 is 2.52 bits per heavy atom. The number of pyridine rings is 1. The van der Waals surface area contributed by atoms with Gasteiger partial charge in [-0.2, -0.15) is 0 Å². The van der Waals surface area contributed by atoms with Gasteiger partial charge in [0.1, 0.15) is 0 Å². The quantitative estimate of drug-likeness (QED) is 0.803. The third-order valence-electron chi connectivity index (χ3n) is 2.47. The summed E-state index contributed by atoms with van der Waals surface area (Å²) in [5.41, 5.74) is 5.56. The number of esters is 1. The van der Waals surface area contributed by atoms with Crippen LogP contribution in [-0.2, 0) is 22.5 Å². The molecule has 1 aromatic rings. The predicted molar refractivity (Wildman–Crippen MR) is 65.7 cm³/mol. The van der Waals surface area contributed by atoms with Crippen molar-refractivity contribution < 1.29 is 32.2 Å². The first kappa shape index (κ1) is 17.0. The highest BCUT2D eigenvalue weighted by molar-refractivity contribution is 5.74. The lowest BCUT2D eigenvalue weighted by Gasteiger charge is -2.17. The zero-order valence-electron chi connectivity index (χ0n) is 11.5. The van der Waals surface area contributed by atoms with E-state index in [0.717, 1.165) is 6.20 Å². The summed E-state index contributed by atoms with van der Waals surface area (Å²) < 4.78 is 50.6. The Kier molecular flexibility index (Phi) is 5.77. The Balaban J connectivity index is 3.23. The molecule has 0 radical (unpaired) electrons. The number of alkyl halides is 3. The number of nitrogens with two attached hydrogens (primary N) is 1. The molecule has 1 heterocycles. The second-order valence-corrected chi connectivity index (χ2v) is 3.82. The molecule has 0 bridgehead atoms. The minimum atomic E-state index is -4.89. The standard InChI is InChI=1S/C12H15F3N2O4/c1-3-20-10(18)4-7-8(5-16)9(21-12(13,14)15)6-17-11(7)19-2/h6H,3-5,16H2,1-2H3. The number of rotatable bonds is 6. The second-order valence-electron chi connectivity index (χ2n) is 3.82. The molecular formula is C12H15F3N2O4. The zero-order chi connectivity index (χ0) is 16.0. The summed E-state index contributed by atoms with van der Waals surface area (Å²) in [5, 5.41) is 0. The van der Waals surface area contributed by atoms with Crippen molar-refractivity contribution in [1.29, 1.82) is 0 Å². The zero-order valence-corrected chi connectivity index (χ0v) is 11.5. The van der Waals surface area contributed by atoms with Crippen LogP contribution in [-0.4, -0.2) is 31.0 Å². The first-order valence-corrected chi connectivity index (χ1v) is 5.98. The fourth-order valence-corrected chi connectivity index (χ4v) is 1.70. The average molecular weight is 308 g/mol. The van der Waals surface area contributed by atoms with E-state index in [-0.39, 0.29) is 36.6 Å². The number of halogens is 3. The molecule has 0 saturated heterocycles. The van der Waals surface area contributed by atoms with Gasteiger partial charge >= 0.3 is 12.3 Å². The van der Waals surface area contributed by atoms with Crippen LogP contribution in [0.2, 0.25) is 0 Å². The van der Waals surface area contributed by atoms with E-state index in [9.17, 15) is 18.0 Å². The summed E-state index contributed by atoms with van der Waals surface area (Å²) in [4.78, 5) is 15.2. The number of aromatic nitrogens is 1. The Hall–Kier alpha value is -2.03. The van der Waals surface area contributed by atoms with Crippen LogP contribution in [0.15, 0.2) is 6.20 Å². The molecule has 0 aliphatic rings. The van der Waals surface area contributed by atoms with E-state index in [2.05, 4.69) is 9.72 Å². The number of carbonyl (C=O) groups is 1. The minimum Gasteiger partial charge on any atom is -0.481 e. The van der Waals surface area contributed by atoms with Gasteiger partial charge in [-0.3, -0.25) is 4.79 Å². The van der Waals surface area contributed by atoms with Gasteiger partial charge in [-0.05, 0) is 6.92 Å². The Bertz CT molecular complexity index is 506. The highest BCUT2D eigenvalue weighted by atomic mass is 19.4. The summed E-state index contributed by atoms with van der Waals surface area (Å²) in [6, 6.07) is 0. The van der Waals surface area contributed by atoms with Crippen molar-refractivity contribution in [2.24, 2.45) is 5.73 Å². The maximum atomic E-state index is 12.3. The summed E-state index contributed by atoms with van der Waals surface area (Å²) in [7, 11) is 1.28. The van der Waals surface area contributed by atoms with Crippen molar-refractivity contribution in [3.63, 3.8) is 0 Å². The van der Waals surface area contributed by atoms with Crippen LogP contribution in [0.5, 0.6) is 11.6 Å². The second kappa shape index (κ2) is 7.11. The normalized spacial score (nSPS) is 11.1. The van der Waals surface area contributed by atoms with Crippen molar-refractivity contribution in [3.8, 4) is 11.6 Å². The molecule has 6 nitrogen and oxygen atoms in total. The summed E-state index contributed by atoms with van der Waals surface area (Å²) in [5.74, 6) is -1.19. The van der Waals surface area contributed by atoms with Gasteiger partial charge < -0.3 is 19.9 Å². The van der Waals surface area contributed by atoms with E-state index in [0.29, 0.717) is 0 Å². The third-order valence-corrected chi connectivity index (χ3v) is 2.47. The highest BCUT2D eigenvalue weighted by Gasteiger charge is 2.33. The molecule has 21 heavy (non-hydrogen) atoms. The van der Waals surface area contributed by atoms with Crippen molar-refractivity contribution in [2.75, 3.05) is 13.7 Å². The lowest BCUT2D eigenvalue weighted by molar-refractivity contribution is -0.275. The Morgan fingerprint density at radius 1 is 1.38 bits per heavy atom. The molecule has 0 aromatic carbocycles. The van der Waals surface area contributed by atoms with Crippen molar-refractivity contribution >= 4 is 5.97 Å². The fraction of sp³-hybridized carbons (Fsp3) is 0.500. The van der Waals surface area contributed by atoms with Gasteiger partial charge in [0, 0.05) is 17.7 Å². The summed E-state index contributed by atoms with van der Waals surface area (Å²) >= 11 is 0. The molecule has 2 N–H and O–H groups in total. The molecule has 0 saturated carbocycles. The molecule has 0 spiro atoms. The number of hydrogen-bond donors (Lipinski definition) is 1. The number of ether oxygens (including phenoxy) is 3. The van der Waals surface area contributed by atoms with E-state index in [1.807, 2.05) is 0 Å². The molecule has 118 valence electrons. The molecule has 9 heteroatoms. The lowest BCUT2D eigenvalue weighted by atomic mass is 10.1. The van der Waals surface area contributed by atoms with Crippen LogP contribution in [0.25, 0.3) is 0 Å². The van der Waals surface area contributed by atoms with E-state index in [1.165, 1.54) is 7.11 Å². The maximum Gasteiger partial charge on any atom is 0.573 e. The van der Waals surface area contributed by atoms with Gasteiger partial charge in [0.2, 0.25) is 5.88 Å². The smallest absolute Gasteiger partial charge is 0.481 e. The first-order chi connectivity index (χ1) is 9.82. The molecule has 0 aliphatic carbocycles. The summed E-state index contributed by atoms with van der Waals surface area (Å²) in [6.45, 7) is 1.48. The van der Waals surface area contributed by atoms with Gasteiger partial charge in [-0.1, -0.05) is 0 Å². The monoisotopic (exact) mass is 308 g/mol. The van der Waals surface area contributed by atoms with Crippen LogP contribution < -0.4 is 15.2 Å². The van der Waals surface area contributed by atoms with Crippen LogP contribution in [0.3, 0.4) is 0 Å². The third kappa shape index (κ3) is 4.78. The molecule has 0 aliphatic heterocycles. The van der Waals surface area contributed by atoms with E-state index >= 15 is 0 Å². The average Bonchev–Trinajstić information content (AvgIpc) is 2.37. The summed E-state index contributed by atoms with van der Waals surface area (Å²) in [6.07, 6.45) is -4.35. The topological polar surface area (TPSA) is 83.7 Å². The highest BCUT2D eigenvalue weighted by Crippen LogP contribution is 2.32. The van der Waals surface area contributed by atoms with Crippen molar-refractivity contribution in [1.82, 2.24) is 4.98 Å². The lowest BCUT2D eigenvalue weighted by Crippen LogP contribution is -2.21. The molecule has 0 fully saturated rings. The van der Waals surface area contributed by atoms with Gasteiger partial charge in [0.05, 0.1) is 26.3 Å². The van der Waals surface area contributed by atoms with Gasteiger partial charge in [-0.25, -0.2) is 4.98 Å². The molecule has 1 aromatic heterocycles. The molecule has 0 atom stereocenters. The first-order valence-electron chi connectivity index (χ1n) is 5.98. The molecule has 0 amide bonds. The van der Waals surface area contributed by atoms with Crippen LogP contribution in [0.1, 0.15) is 18.1 Å². The van der Waals surface area contributed by atoms with Gasteiger partial charge in [-0.15, -0.1) is 13.2 Å². The SMILES string of the molecule is CCOC(=O)Cc1c(OC)ncc(OC(F)(F)F)c1CN. The van der Waals surface area contributed by atoms with Crippen LogP contribution in [0.4, 0.5) is 13.2 Å². The Labute approximate surface area is 119 Å². The number of hydrogen-bond acceptors (Lipinski definition) is 6.